The van der Waals surface area contributed by atoms with E-state index in [9.17, 15) is 8.78 Å². The van der Waals surface area contributed by atoms with Crippen LogP contribution in [0.2, 0.25) is 0 Å². The third-order valence-corrected chi connectivity index (χ3v) is 5.26. The Morgan fingerprint density at radius 3 is 2.26 bits per heavy atom. The van der Waals surface area contributed by atoms with Crippen LogP contribution in [-0.2, 0) is 11.3 Å². The first kappa shape index (κ1) is 16.8. The Hall–Kier alpha value is -1.04. The maximum Gasteiger partial charge on any atom is 0.126 e. The Kier molecular flexibility index (Phi) is 5.62. The summed E-state index contributed by atoms with van der Waals surface area (Å²) in [7, 11) is 0. The van der Waals surface area contributed by atoms with Crippen molar-refractivity contribution in [3.05, 3.63) is 35.4 Å². The second-order valence-corrected chi connectivity index (χ2v) is 6.78. The molecule has 0 bridgehead atoms. The Morgan fingerprint density at radius 2 is 1.65 bits per heavy atom. The average molecular weight is 324 g/mol. The molecule has 0 saturated carbocycles. The average Bonchev–Trinajstić information content (AvgIpc) is 2.55. The summed E-state index contributed by atoms with van der Waals surface area (Å²) >= 11 is 0. The van der Waals surface area contributed by atoms with Gasteiger partial charge in [-0.05, 0) is 56.5 Å². The van der Waals surface area contributed by atoms with Crippen molar-refractivity contribution in [2.75, 3.05) is 39.4 Å². The second kappa shape index (κ2) is 7.69. The van der Waals surface area contributed by atoms with Crippen LogP contribution in [0.15, 0.2) is 18.2 Å². The molecule has 0 N–H and O–H groups in total. The molecule has 1 aromatic rings. The molecule has 1 atom stereocenters. The molecular weight excluding hydrogens is 298 g/mol. The lowest BCUT2D eigenvalue weighted by Gasteiger charge is -2.41. The molecule has 0 radical (unpaired) electrons. The quantitative estimate of drug-likeness (QED) is 0.847. The molecule has 3 nitrogen and oxygen atoms in total. The van der Waals surface area contributed by atoms with Crippen molar-refractivity contribution in [3.8, 4) is 0 Å². The van der Waals surface area contributed by atoms with Crippen LogP contribution < -0.4 is 0 Å². The summed E-state index contributed by atoms with van der Waals surface area (Å²) in [5.41, 5.74) is 0.724. The summed E-state index contributed by atoms with van der Waals surface area (Å²) in [5.74, 6) is -0.278. The predicted molar refractivity (Wildman–Crippen MR) is 86.2 cm³/mol. The molecule has 2 aliphatic heterocycles. The largest absolute Gasteiger partial charge is 0.379 e. The van der Waals surface area contributed by atoms with Crippen LogP contribution in [-0.4, -0.2) is 55.2 Å². The van der Waals surface area contributed by atoms with Gasteiger partial charge in [0.25, 0.3) is 0 Å². The monoisotopic (exact) mass is 324 g/mol. The van der Waals surface area contributed by atoms with Crippen LogP contribution in [0.4, 0.5) is 8.78 Å². The molecule has 2 heterocycles. The van der Waals surface area contributed by atoms with Gasteiger partial charge in [0.1, 0.15) is 11.6 Å². The Balaban J connectivity index is 1.49. The molecule has 0 spiro atoms. The molecular formula is C18H26F2N2O. The number of nitrogens with zero attached hydrogens (tertiary/aromatic N) is 2. The summed E-state index contributed by atoms with van der Waals surface area (Å²) in [6.07, 6.45) is 2.30. The molecule has 0 aromatic heterocycles. The highest BCUT2D eigenvalue weighted by Gasteiger charge is 2.28. The molecule has 23 heavy (non-hydrogen) atoms. The lowest BCUT2D eigenvalue weighted by atomic mass is 9.89. The van der Waals surface area contributed by atoms with E-state index >= 15 is 0 Å². The van der Waals surface area contributed by atoms with E-state index in [2.05, 4.69) is 16.7 Å². The highest BCUT2D eigenvalue weighted by atomic mass is 19.1. The van der Waals surface area contributed by atoms with Crippen molar-refractivity contribution in [2.24, 2.45) is 5.92 Å². The van der Waals surface area contributed by atoms with Crippen LogP contribution >= 0.6 is 0 Å². The fraction of sp³-hybridized carbons (Fsp3) is 0.667. The van der Waals surface area contributed by atoms with E-state index in [-0.39, 0.29) is 0 Å². The zero-order valence-electron chi connectivity index (χ0n) is 13.8. The SMILES string of the molecule is CC(C1CCN(Cc2cc(F)cc(F)c2)CC1)N1CCOCC1. The van der Waals surface area contributed by atoms with E-state index in [1.54, 1.807) is 0 Å². The number of likely N-dealkylation sites (tertiary alicyclic amines) is 1. The van der Waals surface area contributed by atoms with Gasteiger partial charge in [-0.15, -0.1) is 0 Å². The van der Waals surface area contributed by atoms with E-state index in [0.29, 0.717) is 18.5 Å². The van der Waals surface area contributed by atoms with Crippen molar-refractivity contribution < 1.29 is 13.5 Å². The number of rotatable bonds is 4. The fourth-order valence-corrected chi connectivity index (χ4v) is 3.84. The Morgan fingerprint density at radius 1 is 1.04 bits per heavy atom. The van der Waals surface area contributed by atoms with Gasteiger partial charge in [0.05, 0.1) is 13.2 Å². The molecule has 2 saturated heterocycles. The fourth-order valence-electron chi connectivity index (χ4n) is 3.84. The van der Waals surface area contributed by atoms with Gasteiger partial charge in [-0.2, -0.15) is 0 Å². The summed E-state index contributed by atoms with van der Waals surface area (Å²) in [4.78, 5) is 4.84. The molecule has 3 rings (SSSR count). The normalized spacial score (nSPS) is 23.1. The maximum absolute atomic E-state index is 13.3. The summed E-state index contributed by atoms with van der Waals surface area (Å²) in [5, 5.41) is 0. The van der Waals surface area contributed by atoms with E-state index in [1.165, 1.54) is 12.1 Å². The number of hydrogen-bond acceptors (Lipinski definition) is 3. The van der Waals surface area contributed by atoms with Gasteiger partial charge in [0.15, 0.2) is 0 Å². The summed E-state index contributed by atoms with van der Waals surface area (Å²) in [6.45, 7) is 8.70. The van der Waals surface area contributed by atoms with Gasteiger partial charge >= 0.3 is 0 Å². The molecule has 2 aliphatic rings. The van der Waals surface area contributed by atoms with Gasteiger partial charge in [0.2, 0.25) is 0 Å². The lowest BCUT2D eigenvalue weighted by Crippen LogP contribution is -2.48. The third-order valence-electron chi connectivity index (χ3n) is 5.26. The van der Waals surface area contributed by atoms with Crippen LogP contribution in [0.5, 0.6) is 0 Å². The molecule has 1 aromatic carbocycles. The zero-order chi connectivity index (χ0) is 16.2. The van der Waals surface area contributed by atoms with Crippen LogP contribution in [0.1, 0.15) is 25.3 Å². The minimum Gasteiger partial charge on any atom is -0.379 e. The highest BCUT2D eigenvalue weighted by Crippen LogP contribution is 2.25. The molecule has 0 amide bonds. The van der Waals surface area contributed by atoms with Gasteiger partial charge < -0.3 is 4.74 Å². The van der Waals surface area contributed by atoms with Crippen LogP contribution in [0.25, 0.3) is 0 Å². The van der Waals surface area contributed by atoms with Gasteiger partial charge in [-0.25, -0.2) is 8.78 Å². The number of ether oxygens (including phenoxy) is 1. The first-order valence-electron chi connectivity index (χ1n) is 8.61. The molecule has 5 heteroatoms. The van der Waals surface area contributed by atoms with Crippen molar-refractivity contribution in [3.63, 3.8) is 0 Å². The van der Waals surface area contributed by atoms with E-state index in [0.717, 1.165) is 63.9 Å². The minimum atomic E-state index is -0.490. The number of piperidine rings is 1. The third kappa shape index (κ3) is 4.49. The Labute approximate surface area is 137 Å². The van der Waals surface area contributed by atoms with Crippen molar-refractivity contribution in [1.82, 2.24) is 9.80 Å². The minimum absolute atomic E-state index is 0.490. The first-order chi connectivity index (χ1) is 11.1. The van der Waals surface area contributed by atoms with E-state index < -0.39 is 11.6 Å². The zero-order valence-corrected chi connectivity index (χ0v) is 13.8. The number of halogens is 2. The smallest absolute Gasteiger partial charge is 0.126 e. The number of morpholine rings is 1. The molecule has 0 aliphatic carbocycles. The molecule has 128 valence electrons. The second-order valence-electron chi connectivity index (χ2n) is 6.78. The number of benzene rings is 1. The predicted octanol–water partition coefficient (Wildman–Crippen LogP) is 2.90. The van der Waals surface area contributed by atoms with Crippen LogP contribution in [0.3, 0.4) is 0 Å². The summed E-state index contributed by atoms with van der Waals surface area (Å²) < 4.78 is 32.0. The van der Waals surface area contributed by atoms with Crippen molar-refractivity contribution >= 4 is 0 Å². The molecule has 1 unspecified atom stereocenters. The Bertz CT molecular complexity index is 491. The van der Waals surface area contributed by atoms with Gasteiger partial charge in [-0.3, -0.25) is 9.80 Å². The van der Waals surface area contributed by atoms with Crippen molar-refractivity contribution in [2.45, 2.75) is 32.4 Å². The lowest BCUT2D eigenvalue weighted by molar-refractivity contribution is -0.00193. The maximum atomic E-state index is 13.3. The van der Waals surface area contributed by atoms with Gasteiger partial charge in [0, 0.05) is 31.7 Å². The van der Waals surface area contributed by atoms with Crippen LogP contribution in [0, 0.1) is 17.6 Å². The summed E-state index contributed by atoms with van der Waals surface area (Å²) in [6, 6.07) is 4.39. The topological polar surface area (TPSA) is 15.7 Å². The van der Waals surface area contributed by atoms with Crippen molar-refractivity contribution in [1.29, 1.82) is 0 Å². The van der Waals surface area contributed by atoms with E-state index in [1.807, 2.05) is 0 Å². The van der Waals surface area contributed by atoms with Gasteiger partial charge in [-0.1, -0.05) is 0 Å². The first-order valence-corrected chi connectivity index (χ1v) is 8.61. The standard InChI is InChI=1S/C18H26F2N2O/c1-14(22-6-8-23-9-7-22)16-2-4-21(5-3-16)13-15-10-17(19)12-18(20)11-15/h10-12,14,16H,2-9,13H2,1H3. The molecule has 2 fully saturated rings. The highest BCUT2D eigenvalue weighted by molar-refractivity contribution is 5.17. The van der Waals surface area contributed by atoms with E-state index in [4.69, 9.17) is 4.74 Å². The number of hydrogen-bond donors (Lipinski definition) is 0.